The molecule has 2 aromatic rings. The first-order valence-electron chi connectivity index (χ1n) is 12.7. The highest BCUT2D eigenvalue weighted by Gasteiger charge is 2.40. The van der Waals surface area contributed by atoms with Crippen LogP contribution in [0.5, 0.6) is 11.5 Å². The number of rotatable bonds is 6. The summed E-state index contributed by atoms with van der Waals surface area (Å²) in [6.07, 6.45) is 3.74. The van der Waals surface area contributed by atoms with Crippen molar-refractivity contribution in [3.8, 4) is 11.5 Å². The Balaban J connectivity index is 1.73. The number of carboxylic acid groups (broad SMARTS) is 1. The zero-order chi connectivity index (χ0) is 27.4. The van der Waals surface area contributed by atoms with E-state index in [1.54, 1.807) is 12.1 Å². The number of urea groups is 1. The van der Waals surface area contributed by atoms with E-state index in [4.69, 9.17) is 19.6 Å². The van der Waals surface area contributed by atoms with Crippen molar-refractivity contribution in [3.63, 3.8) is 0 Å². The van der Waals surface area contributed by atoms with Crippen LogP contribution in [-0.4, -0.2) is 53.0 Å². The van der Waals surface area contributed by atoms with Crippen LogP contribution in [0.1, 0.15) is 62.4 Å². The van der Waals surface area contributed by atoms with Crippen molar-refractivity contribution in [2.75, 3.05) is 18.1 Å². The molecule has 0 unspecified atom stereocenters. The summed E-state index contributed by atoms with van der Waals surface area (Å²) < 4.78 is 12.3. The van der Waals surface area contributed by atoms with Crippen LogP contribution >= 0.6 is 0 Å². The lowest BCUT2D eigenvalue weighted by Gasteiger charge is -2.31. The molecule has 2 aromatic carbocycles. The van der Waals surface area contributed by atoms with Crippen LogP contribution in [0.4, 0.5) is 10.5 Å². The van der Waals surface area contributed by atoms with E-state index in [1.165, 1.54) is 6.08 Å². The van der Waals surface area contributed by atoms with Crippen molar-refractivity contribution >= 4 is 35.4 Å². The molecule has 3 aliphatic rings. The van der Waals surface area contributed by atoms with Crippen LogP contribution in [0.2, 0.25) is 0 Å². The summed E-state index contributed by atoms with van der Waals surface area (Å²) in [6.45, 7) is 10.5. The second-order valence-corrected chi connectivity index (χ2v) is 11.0. The van der Waals surface area contributed by atoms with Gasteiger partial charge in [0, 0.05) is 29.2 Å². The molecule has 38 heavy (non-hydrogen) atoms. The highest BCUT2D eigenvalue weighted by Crippen LogP contribution is 2.48. The minimum Gasteiger partial charge on any atom is -0.490 e. The number of imide groups is 1. The number of hydrogen-bond donors (Lipinski definition) is 2. The predicted octanol–water partition coefficient (Wildman–Crippen LogP) is 4.12. The zero-order valence-electron chi connectivity index (χ0n) is 22.2. The van der Waals surface area contributed by atoms with Gasteiger partial charge < -0.3 is 19.9 Å². The number of anilines is 1. The molecule has 0 bridgehead atoms. The standard InChI is InChI=1S/C29H31N3O6/c1-6-37-21-12-18-13-28(2,3)31-25(24(18)19-14-29(4,5)38-26(19)21)17-8-7-16(9-10-23(34)35)20(11-17)32-22(33)15-30-27(32)36/h7-12H,6,13-15H2,1-5H3,(H,30,36)(H,34,35)/b10-9+. The Kier molecular flexibility index (Phi) is 6.04. The maximum absolute atomic E-state index is 12.6. The third kappa shape index (κ3) is 4.53. The number of aliphatic imine (C=N–C) groups is 1. The third-order valence-corrected chi connectivity index (χ3v) is 6.77. The van der Waals surface area contributed by atoms with Gasteiger partial charge in [0.1, 0.15) is 5.60 Å². The normalized spacial score (nSPS) is 19.1. The van der Waals surface area contributed by atoms with Crippen LogP contribution in [-0.2, 0) is 22.4 Å². The van der Waals surface area contributed by atoms with Gasteiger partial charge in [0.15, 0.2) is 11.5 Å². The number of carbonyl (C=O) groups is 3. The van der Waals surface area contributed by atoms with Gasteiger partial charge in [0.05, 0.1) is 30.1 Å². The monoisotopic (exact) mass is 517 g/mol. The average molecular weight is 518 g/mol. The maximum Gasteiger partial charge on any atom is 0.329 e. The largest absolute Gasteiger partial charge is 0.490 e. The Morgan fingerprint density at radius 1 is 1.21 bits per heavy atom. The van der Waals surface area contributed by atoms with Gasteiger partial charge in [-0.15, -0.1) is 0 Å². The molecule has 3 aliphatic heterocycles. The van der Waals surface area contributed by atoms with E-state index in [1.807, 2.05) is 32.9 Å². The summed E-state index contributed by atoms with van der Waals surface area (Å²) in [5, 5.41) is 11.7. The Hall–Kier alpha value is -4.14. The van der Waals surface area contributed by atoms with Crippen molar-refractivity contribution in [1.82, 2.24) is 5.32 Å². The number of fused-ring (bicyclic) bond motifs is 3. The van der Waals surface area contributed by atoms with Crippen molar-refractivity contribution in [1.29, 1.82) is 0 Å². The molecule has 198 valence electrons. The van der Waals surface area contributed by atoms with E-state index in [0.717, 1.165) is 44.9 Å². The van der Waals surface area contributed by atoms with Crippen LogP contribution in [0.15, 0.2) is 35.3 Å². The fourth-order valence-electron chi connectivity index (χ4n) is 5.39. The molecular formula is C29H31N3O6. The van der Waals surface area contributed by atoms with Gasteiger partial charge in [-0.1, -0.05) is 12.1 Å². The second-order valence-electron chi connectivity index (χ2n) is 11.0. The van der Waals surface area contributed by atoms with Gasteiger partial charge in [-0.2, -0.15) is 0 Å². The smallest absolute Gasteiger partial charge is 0.329 e. The fourth-order valence-corrected chi connectivity index (χ4v) is 5.39. The molecular weight excluding hydrogens is 486 g/mol. The summed E-state index contributed by atoms with van der Waals surface area (Å²) in [4.78, 5) is 42.6. The van der Waals surface area contributed by atoms with Gasteiger partial charge in [-0.3, -0.25) is 9.79 Å². The molecule has 3 amide bonds. The summed E-state index contributed by atoms with van der Waals surface area (Å²) >= 11 is 0. The van der Waals surface area contributed by atoms with Gasteiger partial charge in [-0.05, 0) is 70.4 Å². The number of aliphatic carboxylic acids is 1. The molecule has 3 heterocycles. The first-order chi connectivity index (χ1) is 17.9. The molecule has 0 radical (unpaired) electrons. The molecule has 0 spiro atoms. The molecule has 0 aromatic heterocycles. The lowest BCUT2D eigenvalue weighted by molar-refractivity contribution is -0.131. The topological polar surface area (TPSA) is 118 Å². The van der Waals surface area contributed by atoms with Crippen LogP contribution in [0.25, 0.3) is 6.08 Å². The van der Waals surface area contributed by atoms with Crippen molar-refractivity contribution < 1.29 is 29.0 Å². The fraction of sp³-hybridized carbons (Fsp3) is 0.379. The molecule has 1 fully saturated rings. The van der Waals surface area contributed by atoms with Crippen molar-refractivity contribution in [2.45, 2.75) is 58.6 Å². The summed E-state index contributed by atoms with van der Waals surface area (Å²) in [6, 6.07) is 6.77. The van der Waals surface area contributed by atoms with Crippen molar-refractivity contribution in [2.24, 2.45) is 4.99 Å². The second kappa shape index (κ2) is 9.01. The summed E-state index contributed by atoms with van der Waals surface area (Å²) in [7, 11) is 0. The average Bonchev–Trinajstić information content (AvgIpc) is 3.33. The minimum absolute atomic E-state index is 0.123. The predicted molar refractivity (Wildman–Crippen MR) is 143 cm³/mol. The van der Waals surface area contributed by atoms with E-state index >= 15 is 0 Å². The number of benzene rings is 2. The number of nitrogens with one attached hydrogen (secondary N) is 1. The Bertz CT molecular complexity index is 1420. The van der Waals surface area contributed by atoms with E-state index in [9.17, 15) is 14.4 Å². The number of ether oxygens (including phenoxy) is 2. The first-order valence-corrected chi connectivity index (χ1v) is 12.7. The number of amides is 3. The van der Waals surface area contributed by atoms with E-state index in [0.29, 0.717) is 36.3 Å². The third-order valence-electron chi connectivity index (χ3n) is 6.77. The summed E-state index contributed by atoms with van der Waals surface area (Å²) in [5.41, 5.74) is 4.43. The lowest BCUT2D eigenvalue weighted by atomic mass is 9.80. The molecule has 0 atom stereocenters. The highest BCUT2D eigenvalue weighted by atomic mass is 16.5. The summed E-state index contributed by atoms with van der Waals surface area (Å²) in [5.74, 6) is -0.106. The van der Waals surface area contributed by atoms with Gasteiger partial charge in [-0.25, -0.2) is 14.5 Å². The molecule has 9 heteroatoms. The molecule has 2 N–H and O–H groups in total. The van der Waals surface area contributed by atoms with Gasteiger partial charge in [0.25, 0.3) is 5.91 Å². The molecule has 0 aliphatic carbocycles. The van der Waals surface area contributed by atoms with Crippen LogP contribution in [0, 0.1) is 0 Å². The quantitative estimate of drug-likeness (QED) is 0.440. The Morgan fingerprint density at radius 2 is 1.97 bits per heavy atom. The first kappa shape index (κ1) is 25.5. The van der Waals surface area contributed by atoms with Gasteiger partial charge >= 0.3 is 12.0 Å². The van der Waals surface area contributed by atoms with Crippen LogP contribution in [0.3, 0.4) is 0 Å². The van der Waals surface area contributed by atoms with Crippen molar-refractivity contribution in [3.05, 3.63) is 58.2 Å². The number of nitrogens with zero attached hydrogens (tertiary/aromatic N) is 2. The molecule has 0 saturated carbocycles. The zero-order valence-corrected chi connectivity index (χ0v) is 22.2. The van der Waals surface area contributed by atoms with Gasteiger partial charge in [0.2, 0.25) is 0 Å². The Morgan fingerprint density at radius 3 is 2.63 bits per heavy atom. The SMILES string of the molecule is CCOc1cc2c(c3c1OC(C)(C)C3)C(c1ccc(/C=C/C(=O)O)c(N3C(=O)CNC3=O)c1)=NC(C)(C)C2. The number of carboxylic acids is 1. The van der Waals surface area contributed by atoms with E-state index in [-0.39, 0.29) is 6.54 Å². The van der Waals surface area contributed by atoms with E-state index < -0.39 is 29.0 Å². The number of hydrogen-bond acceptors (Lipinski definition) is 6. The molecule has 9 nitrogen and oxygen atoms in total. The lowest BCUT2D eigenvalue weighted by Crippen LogP contribution is -2.32. The minimum atomic E-state index is -1.13. The van der Waals surface area contributed by atoms with E-state index in [2.05, 4.69) is 19.2 Å². The van der Waals surface area contributed by atoms with Crippen LogP contribution < -0.4 is 19.7 Å². The number of carbonyl (C=O) groups excluding carboxylic acids is 2. The highest BCUT2D eigenvalue weighted by molar-refractivity contribution is 6.22. The molecule has 5 rings (SSSR count). The maximum atomic E-state index is 12.6. The molecule has 1 saturated heterocycles. The Labute approximate surface area is 221 Å².